The van der Waals surface area contributed by atoms with Crippen molar-refractivity contribution in [3.8, 4) is 0 Å². The number of hydrogen-bond donors (Lipinski definition) is 0. The molecule has 0 aromatic heterocycles. The molecule has 0 saturated carbocycles. The summed E-state index contributed by atoms with van der Waals surface area (Å²) in [5.41, 5.74) is -1.70. The van der Waals surface area contributed by atoms with Crippen LogP contribution in [0.15, 0.2) is 41.6 Å². The van der Waals surface area contributed by atoms with E-state index >= 15 is 0 Å². The van der Waals surface area contributed by atoms with Crippen LogP contribution < -0.4 is 0 Å². The third-order valence-corrected chi connectivity index (χ3v) is 3.38. The molecule has 0 aliphatic rings. The molecule has 8 heteroatoms. The van der Waals surface area contributed by atoms with Crippen LogP contribution in [-0.4, -0.2) is 5.71 Å². The van der Waals surface area contributed by atoms with Crippen LogP contribution in [0.5, 0.6) is 0 Å². The zero-order valence-corrected chi connectivity index (χ0v) is 13.1. The van der Waals surface area contributed by atoms with Gasteiger partial charge in [0.25, 0.3) is 0 Å². The highest BCUT2D eigenvalue weighted by Crippen LogP contribution is 2.33. The Kier molecular flexibility index (Phi) is 5.43. The molecule has 0 heterocycles. The van der Waals surface area contributed by atoms with Gasteiger partial charge in [-0.05, 0) is 37.3 Å². The minimum absolute atomic E-state index is 0.0905. The Morgan fingerprint density at radius 3 is 2.33 bits per heavy atom. The van der Waals surface area contributed by atoms with E-state index in [2.05, 4.69) is 5.16 Å². The maximum Gasteiger partial charge on any atom is 0.417 e. The minimum atomic E-state index is -4.60. The monoisotopic (exact) mass is 363 g/mol. The zero-order chi connectivity index (χ0) is 17.9. The summed E-state index contributed by atoms with van der Waals surface area (Å²) < 4.78 is 65.9. The van der Waals surface area contributed by atoms with Crippen LogP contribution in [0.25, 0.3) is 0 Å². The van der Waals surface area contributed by atoms with Crippen LogP contribution >= 0.6 is 11.6 Å². The number of alkyl halides is 3. The predicted molar refractivity (Wildman–Crippen MR) is 79.8 cm³/mol. The van der Waals surface area contributed by atoms with Crippen molar-refractivity contribution >= 4 is 17.3 Å². The maximum absolute atomic E-state index is 13.4. The smallest absolute Gasteiger partial charge is 0.390 e. The lowest BCUT2D eigenvalue weighted by atomic mass is 10.0. The summed E-state index contributed by atoms with van der Waals surface area (Å²) >= 11 is 5.72. The average molecular weight is 364 g/mol. The molecular weight excluding hydrogens is 353 g/mol. The minimum Gasteiger partial charge on any atom is -0.390 e. The molecule has 0 amide bonds. The first kappa shape index (κ1) is 18.2. The van der Waals surface area contributed by atoms with E-state index in [9.17, 15) is 22.0 Å². The van der Waals surface area contributed by atoms with E-state index < -0.39 is 30.0 Å². The molecule has 0 fully saturated rings. The van der Waals surface area contributed by atoms with Crippen molar-refractivity contribution in [1.82, 2.24) is 0 Å². The highest BCUT2D eigenvalue weighted by Gasteiger charge is 2.34. The Balaban J connectivity index is 2.24. The van der Waals surface area contributed by atoms with Crippen LogP contribution in [0, 0.1) is 11.6 Å². The molecular formula is C16H11ClF5NO. The van der Waals surface area contributed by atoms with Gasteiger partial charge in [0.1, 0.15) is 18.2 Å². The second-order valence-electron chi connectivity index (χ2n) is 4.84. The van der Waals surface area contributed by atoms with Gasteiger partial charge in [0.2, 0.25) is 0 Å². The van der Waals surface area contributed by atoms with Crippen molar-refractivity contribution in [2.24, 2.45) is 5.16 Å². The van der Waals surface area contributed by atoms with Crippen LogP contribution in [0.2, 0.25) is 5.02 Å². The summed E-state index contributed by atoms with van der Waals surface area (Å²) in [7, 11) is 0. The standard InChI is InChI=1S/C16H11ClF5NO/c1-9(11-7-10(17)5-6-13(11)16(20,21)22)23-24-8-12-14(18)3-2-4-15(12)19/h2-7H,8H2,1H3. The van der Waals surface area contributed by atoms with Gasteiger partial charge in [0.15, 0.2) is 0 Å². The lowest BCUT2D eigenvalue weighted by molar-refractivity contribution is -0.137. The van der Waals surface area contributed by atoms with Crippen LogP contribution in [0.1, 0.15) is 23.6 Å². The molecule has 0 unspecified atom stereocenters. The summed E-state index contributed by atoms with van der Waals surface area (Å²) in [5.74, 6) is -1.66. The molecule has 0 bridgehead atoms. The van der Waals surface area contributed by atoms with E-state index in [0.29, 0.717) is 0 Å². The third kappa shape index (κ3) is 4.23. The maximum atomic E-state index is 13.4. The van der Waals surface area contributed by atoms with Gasteiger partial charge < -0.3 is 4.84 Å². The van der Waals surface area contributed by atoms with E-state index in [1.807, 2.05) is 0 Å². The van der Waals surface area contributed by atoms with Gasteiger partial charge in [-0.1, -0.05) is 22.8 Å². The first-order chi connectivity index (χ1) is 11.2. The predicted octanol–water partition coefficient (Wildman–Crippen LogP) is 5.58. The molecule has 0 saturated heterocycles. The summed E-state index contributed by atoms with van der Waals surface area (Å²) in [5, 5.41) is 3.60. The Hall–Kier alpha value is -2.15. The van der Waals surface area contributed by atoms with E-state index in [4.69, 9.17) is 16.4 Å². The molecule has 2 aromatic rings. The van der Waals surface area contributed by atoms with E-state index in [1.165, 1.54) is 13.0 Å². The topological polar surface area (TPSA) is 21.6 Å². The van der Waals surface area contributed by atoms with Gasteiger partial charge in [0.05, 0.1) is 16.8 Å². The van der Waals surface area contributed by atoms with Crippen LogP contribution in [0.4, 0.5) is 22.0 Å². The second-order valence-corrected chi connectivity index (χ2v) is 5.27. The summed E-state index contributed by atoms with van der Waals surface area (Å²) in [4.78, 5) is 4.80. The molecule has 2 aromatic carbocycles. The number of hydrogen-bond acceptors (Lipinski definition) is 2. The molecule has 0 aliphatic heterocycles. The molecule has 24 heavy (non-hydrogen) atoms. The van der Waals surface area contributed by atoms with Crippen molar-refractivity contribution in [2.75, 3.05) is 0 Å². The quantitative estimate of drug-likeness (QED) is 0.395. The molecule has 0 N–H and O–H groups in total. The van der Waals surface area contributed by atoms with Crippen molar-refractivity contribution in [1.29, 1.82) is 0 Å². The molecule has 0 radical (unpaired) electrons. The fourth-order valence-corrected chi connectivity index (χ4v) is 2.15. The van der Waals surface area contributed by atoms with Crippen LogP contribution in [0.3, 0.4) is 0 Å². The van der Waals surface area contributed by atoms with Gasteiger partial charge >= 0.3 is 6.18 Å². The first-order valence-corrected chi connectivity index (χ1v) is 7.04. The number of halogens is 6. The van der Waals surface area contributed by atoms with Gasteiger partial charge in [0, 0.05) is 10.6 Å². The lowest BCUT2D eigenvalue weighted by Gasteiger charge is -2.13. The second kappa shape index (κ2) is 7.17. The van der Waals surface area contributed by atoms with E-state index in [0.717, 1.165) is 30.3 Å². The Bertz CT molecular complexity index is 753. The number of benzene rings is 2. The van der Waals surface area contributed by atoms with Gasteiger partial charge in [-0.25, -0.2) is 8.78 Å². The summed E-state index contributed by atoms with van der Waals surface area (Å²) in [6.07, 6.45) is -4.60. The Morgan fingerprint density at radius 2 is 1.75 bits per heavy atom. The summed E-state index contributed by atoms with van der Waals surface area (Å²) in [6, 6.07) is 6.29. The fraction of sp³-hybridized carbons (Fsp3) is 0.188. The molecule has 128 valence electrons. The number of rotatable bonds is 4. The largest absolute Gasteiger partial charge is 0.417 e. The fourth-order valence-electron chi connectivity index (χ4n) is 1.98. The zero-order valence-electron chi connectivity index (χ0n) is 12.3. The molecule has 0 aliphatic carbocycles. The Labute approximate surface area is 139 Å². The average Bonchev–Trinajstić information content (AvgIpc) is 2.48. The number of oxime groups is 1. The lowest BCUT2D eigenvalue weighted by Crippen LogP contribution is -2.12. The van der Waals surface area contributed by atoms with Crippen molar-refractivity contribution in [3.63, 3.8) is 0 Å². The highest BCUT2D eigenvalue weighted by molar-refractivity contribution is 6.31. The first-order valence-electron chi connectivity index (χ1n) is 6.66. The molecule has 2 nitrogen and oxygen atoms in total. The van der Waals surface area contributed by atoms with Crippen molar-refractivity contribution in [2.45, 2.75) is 19.7 Å². The molecule has 0 spiro atoms. The Morgan fingerprint density at radius 1 is 1.12 bits per heavy atom. The van der Waals surface area contributed by atoms with E-state index in [-0.39, 0.29) is 21.9 Å². The number of nitrogens with zero attached hydrogens (tertiary/aromatic N) is 1. The van der Waals surface area contributed by atoms with Crippen molar-refractivity contribution < 1.29 is 26.8 Å². The van der Waals surface area contributed by atoms with E-state index in [1.54, 1.807) is 0 Å². The third-order valence-electron chi connectivity index (χ3n) is 3.15. The normalized spacial score (nSPS) is 12.4. The molecule has 0 atom stereocenters. The highest BCUT2D eigenvalue weighted by atomic mass is 35.5. The van der Waals surface area contributed by atoms with Gasteiger partial charge in [-0.2, -0.15) is 13.2 Å². The van der Waals surface area contributed by atoms with Crippen LogP contribution in [-0.2, 0) is 17.6 Å². The van der Waals surface area contributed by atoms with Gasteiger partial charge in [-0.15, -0.1) is 0 Å². The molecule has 2 rings (SSSR count). The van der Waals surface area contributed by atoms with Crippen molar-refractivity contribution in [3.05, 3.63) is 69.7 Å². The summed E-state index contributed by atoms with van der Waals surface area (Å²) in [6.45, 7) is 0.719. The SMILES string of the molecule is CC(=NOCc1c(F)cccc1F)c1cc(Cl)ccc1C(F)(F)F. The van der Waals surface area contributed by atoms with Gasteiger partial charge in [-0.3, -0.25) is 0 Å².